The van der Waals surface area contributed by atoms with E-state index in [2.05, 4.69) is 20.6 Å². The first-order valence-electron chi connectivity index (χ1n) is 6.30. The van der Waals surface area contributed by atoms with Crippen molar-refractivity contribution < 1.29 is 4.74 Å². The molecule has 0 amide bonds. The van der Waals surface area contributed by atoms with Crippen molar-refractivity contribution in [2.45, 2.75) is 18.9 Å². The molecule has 1 saturated carbocycles. The van der Waals surface area contributed by atoms with Gasteiger partial charge in [0.15, 0.2) is 0 Å². The summed E-state index contributed by atoms with van der Waals surface area (Å²) in [7, 11) is 0. The van der Waals surface area contributed by atoms with Crippen molar-refractivity contribution in [3.63, 3.8) is 0 Å². The minimum Gasteiger partial charge on any atom is -0.378 e. The van der Waals surface area contributed by atoms with Gasteiger partial charge in [-0.15, -0.1) is 0 Å². The van der Waals surface area contributed by atoms with Gasteiger partial charge in [-0.2, -0.15) is 0 Å². The molecule has 2 N–H and O–H groups in total. The second-order valence-corrected chi connectivity index (χ2v) is 4.71. The molecular weight excluding hydrogens is 216 g/mol. The van der Waals surface area contributed by atoms with Crippen LogP contribution in [0.5, 0.6) is 0 Å². The highest BCUT2D eigenvalue weighted by Gasteiger charge is 2.21. The van der Waals surface area contributed by atoms with Crippen molar-refractivity contribution in [1.29, 1.82) is 0 Å². The summed E-state index contributed by atoms with van der Waals surface area (Å²) in [5.41, 5.74) is 0. The van der Waals surface area contributed by atoms with Gasteiger partial charge < -0.3 is 15.4 Å². The summed E-state index contributed by atoms with van der Waals surface area (Å²) < 4.78 is 5.42. The molecule has 17 heavy (non-hydrogen) atoms. The normalized spacial score (nSPS) is 24.6. The van der Waals surface area contributed by atoms with Gasteiger partial charge in [0.2, 0.25) is 0 Å². The molecule has 2 heterocycles. The van der Waals surface area contributed by atoms with E-state index in [9.17, 15) is 0 Å². The summed E-state index contributed by atoms with van der Waals surface area (Å²) in [6, 6.07) is 2.06. The maximum atomic E-state index is 5.42. The Labute approximate surface area is 101 Å². The van der Waals surface area contributed by atoms with Crippen molar-refractivity contribution in [3.8, 4) is 0 Å². The fourth-order valence-corrected chi connectivity index (χ4v) is 1.94. The zero-order valence-corrected chi connectivity index (χ0v) is 9.85. The number of aromatic nitrogens is 2. The van der Waals surface area contributed by atoms with Crippen molar-refractivity contribution >= 4 is 5.82 Å². The fourth-order valence-electron chi connectivity index (χ4n) is 1.94. The maximum absolute atomic E-state index is 5.42. The molecule has 5 heteroatoms. The average molecular weight is 234 g/mol. The lowest BCUT2D eigenvalue weighted by atomic mass is 10.2. The Morgan fingerprint density at radius 3 is 3.18 bits per heavy atom. The van der Waals surface area contributed by atoms with Crippen LogP contribution in [0.2, 0.25) is 0 Å². The molecule has 3 rings (SSSR count). The van der Waals surface area contributed by atoms with E-state index in [1.807, 2.05) is 12.3 Å². The Morgan fingerprint density at radius 1 is 1.47 bits per heavy atom. The van der Waals surface area contributed by atoms with E-state index in [1.54, 1.807) is 0 Å². The number of morpholine rings is 1. The predicted molar refractivity (Wildman–Crippen MR) is 64.8 cm³/mol. The van der Waals surface area contributed by atoms with Gasteiger partial charge in [0.25, 0.3) is 0 Å². The molecule has 1 atom stereocenters. The molecule has 1 aromatic rings. The Bertz CT molecular complexity index is 375. The van der Waals surface area contributed by atoms with Gasteiger partial charge in [0.05, 0.1) is 19.3 Å². The van der Waals surface area contributed by atoms with E-state index in [1.165, 1.54) is 12.8 Å². The van der Waals surface area contributed by atoms with Gasteiger partial charge in [-0.3, -0.25) is 0 Å². The Morgan fingerprint density at radius 2 is 2.41 bits per heavy atom. The van der Waals surface area contributed by atoms with Crippen molar-refractivity contribution in [3.05, 3.63) is 18.1 Å². The summed E-state index contributed by atoms with van der Waals surface area (Å²) in [4.78, 5) is 8.84. The second-order valence-electron chi connectivity index (χ2n) is 4.71. The highest BCUT2D eigenvalue weighted by molar-refractivity contribution is 5.33. The molecule has 92 valence electrons. The molecule has 1 unspecified atom stereocenters. The Balaban J connectivity index is 1.64. The van der Waals surface area contributed by atoms with Crippen molar-refractivity contribution in [2.24, 2.45) is 5.92 Å². The second kappa shape index (κ2) is 4.98. The van der Waals surface area contributed by atoms with Crippen LogP contribution in [0.3, 0.4) is 0 Å². The number of hydrogen-bond acceptors (Lipinski definition) is 5. The van der Waals surface area contributed by atoms with E-state index in [-0.39, 0.29) is 6.04 Å². The van der Waals surface area contributed by atoms with Crippen LogP contribution in [0, 0.1) is 5.92 Å². The van der Waals surface area contributed by atoms with Gasteiger partial charge in [-0.1, -0.05) is 0 Å². The van der Waals surface area contributed by atoms with Crippen LogP contribution in [0.1, 0.15) is 24.7 Å². The number of rotatable bonds is 4. The maximum Gasteiger partial charge on any atom is 0.149 e. The topological polar surface area (TPSA) is 59.1 Å². The predicted octanol–water partition coefficient (Wildman–Crippen LogP) is 0.959. The molecule has 0 spiro atoms. The first-order chi connectivity index (χ1) is 8.42. The number of nitrogens with zero attached hydrogens (tertiary/aromatic N) is 2. The minimum atomic E-state index is 0.131. The molecule has 1 aliphatic heterocycles. The SMILES string of the molecule is c1cc(NCC2CC2)nc(C2COCCN2)n1. The third kappa shape index (κ3) is 2.92. The summed E-state index contributed by atoms with van der Waals surface area (Å²) in [6.45, 7) is 3.33. The minimum absolute atomic E-state index is 0.131. The first-order valence-corrected chi connectivity index (χ1v) is 6.30. The summed E-state index contributed by atoms with van der Waals surface area (Å²) in [6.07, 6.45) is 4.51. The summed E-state index contributed by atoms with van der Waals surface area (Å²) in [5, 5.41) is 6.73. The quantitative estimate of drug-likeness (QED) is 0.812. The lowest BCUT2D eigenvalue weighted by molar-refractivity contribution is 0.0742. The molecule has 5 nitrogen and oxygen atoms in total. The zero-order chi connectivity index (χ0) is 11.5. The van der Waals surface area contributed by atoms with E-state index in [4.69, 9.17) is 4.74 Å². The molecule has 1 saturated heterocycles. The van der Waals surface area contributed by atoms with Gasteiger partial charge in [0, 0.05) is 19.3 Å². The highest BCUT2D eigenvalue weighted by atomic mass is 16.5. The number of hydrogen-bond donors (Lipinski definition) is 2. The third-order valence-corrected chi connectivity index (χ3v) is 3.18. The number of ether oxygens (including phenoxy) is 1. The van der Waals surface area contributed by atoms with E-state index < -0.39 is 0 Å². The van der Waals surface area contributed by atoms with Crippen LogP contribution in [-0.2, 0) is 4.74 Å². The van der Waals surface area contributed by atoms with Crippen LogP contribution in [-0.4, -0.2) is 36.3 Å². The standard InChI is InChI=1S/C12H18N4O/c1-2-9(1)7-15-11-3-4-14-12(16-11)10-8-17-6-5-13-10/h3-4,9-10,13H,1-2,5-8H2,(H,14,15,16). The lowest BCUT2D eigenvalue weighted by Gasteiger charge is -2.22. The van der Waals surface area contributed by atoms with Crippen LogP contribution >= 0.6 is 0 Å². The number of anilines is 1. The van der Waals surface area contributed by atoms with Crippen LogP contribution < -0.4 is 10.6 Å². The molecule has 2 aliphatic rings. The Kier molecular flexibility index (Phi) is 3.20. The van der Waals surface area contributed by atoms with Crippen LogP contribution in [0.4, 0.5) is 5.82 Å². The molecule has 2 fully saturated rings. The third-order valence-electron chi connectivity index (χ3n) is 3.18. The summed E-state index contributed by atoms with van der Waals surface area (Å²) in [5.74, 6) is 2.60. The Hall–Kier alpha value is -1.20. The van der Waals surface area contributed by atoms with Crippen LogP contribution in [0.25, 0.3) is 0 Å². The molecule has 0 radical (unpaired) electrons. The van der Waals surface area contributed by atoms with Gasteiger partial charge >= 0.3 is 0 Å². The largest absolute Gasteiger partial charge is 0.378 e. The van der Waals surface area contributed by atoms with Gasteiger partial charge in [0.1, 0.15) is 11.6 Å². The van der Waals surface area contributed by atoms with E-state index in [0.717, 1.165) is 37.3 Å². The average Bonchev–Trinajstić information content (AvgIpc) is 3.22. The molecule has 0 aromatic carbocycles. The van der Waals surface area contributed by atoms with Crippen molar-refractivity contribution in [2.75, 3.05) is 31.6 Å². The van der Waals surface area contributed by atoms with E-state index in [0.29, 0.717) is 6.61 Å². The van der Waals surface area contributed by atoms with Crippen molar-refractivity contribution in [1.82, 2.24) is 15.3 Å². The first kappa shape index (κ1) is 10.9. The monoisotopic (exact) mass is 234 g/mol. The van der Waals surface area contributed by atoms with Gasteiger partial charge in [-0.25, -0.2) is 9.97 Å². The molecular formula is C12H18N4O. The lowest BCUT2D eigenvalue weighted by Crippen LogP contribution is -2.35. The van der Waals surface area contributed by atoms with Crippen LogP contribution in [0.15, 0.2) is 12.3 Å². The highest BCUT2D eigenvalue weighted by Crippen LogP contribution is 2.28. The number of nitrogens with one attached hydrogen (secondary N) is 2. The van der Waals surface area contributed by atoms with E-state index >= 15 is 0 Å². The fraction of sp³-hybridized carbons (Fsp3) is 0.667. The smallest absolute Gasteiger partial charge is 0.149 e. The molecule has 0 bridgehead atoms. The van der Waals surface area contributed by atoms with Gasteiger partial charge in [-0.05, 0) is 24.8 Å². The molecule has 1 aliphatic carbocycles. The zero-order valence-electron chi connectivity index (χ0n) is 9.85. The summed E-state index contributed by atoms with van der Waals surface area (Å²) >= 11 is 0. The molecule has 1 aromatic heterocycles.